The summed E-state index contributed by atoms with van der Waals surface area (Å²) in [6.45, 7) is 3.92. The average Bonchev–Trinajstić information content (AvgIpc) is 3.41. The number of alkyl halides is 3. The second-order valence-electron chi connectivity index (χ2n) is 11.5. The van der Waals surface area contributed by atoms with Crippen LogP contribution in [0.25, 0.3) is 0 Å². The SMILES string of the molecule is CN(Cc1ccc(C(F)(F)F)c(F)c1)[C@H]1CN(C(=O)CN2CCC(N3CCOCC3=O)CC2)C[C@@H]1c1ccc(Cl)c(Cl)c1. The molecule has 3 fully saturated rings. The molecule has 0 bridgehead atoms. The van der Waals surface area contributed by atoms with Gasteiger partial charge < -0.3 is 14.5 Å². The fraction of sp³-hybridized carbons (Fsp3) is 0.533. The molecule has 7 nitrogen and oxygen atoms in total. The molecule has 0 N–H and O–H groups in total. The topological polar surface area (TPSA) is 56.3 Å². The first-order valence-corrected chi connectivity index (χ1v) is 15.0. The van der Waals surface area contributed by atoms with E-state index in [4.69, 9.17) is 27.9 Å². The van der Waals surface area contributed by atoms with Crippen molar-refractivity contribution in [3.63, 3.8) is 0 Å². The lowest BCUT2D eigenvalue weighted by Gasteiger charge is -2.40. The van der Waals surface area contributed by atoms with Gasteiger partial charge in [-0.3, -0.25) is 19.4 Å². The first kappa shape index (κ1) is 32.0. The minimum Gasteiger partial charge on any atom is -0.370 e. The van der Waals surface area contributed by atoms with Gasteiger partial charge in [-0.05, 0) is 55.3 Å². The number of carbonyl (C=O) groups is 2. The molecule has 13 heteroatoms. The molecule has 5 rings (SSSR count). The van der Waals surface area contributed by atoms with E-state index in [2.05, 4.69) is 4.90 Å². The Morgan fingerprint density at radius 2 is 1.79 bits per heavy atom. The molecule has 2 atom stereocenters. The average molecular weight is 646 g/mol. The minimum atomic E-state index is -4.77. The van der Waals surface area contributed by atoms with E-state index in [1.54, 1.807) is 17.0 Å². The summed E-state index contributed by atoms with van der Waals surface area (Å²) in [4.78, 5) is 33.5. The highest BCUT2D eigenvalue weighted by Crippen LogP contribution is 2.36. The van der Waals surface area contributed by atoms with Gasteiger partial charge in [0, 0.05) is 57.3 Å². The lowest BCUT2D eigenvalue weighted by Crippen LogP contribution is -2.53. The molecule has 0 saturated carbocycles. The Labute approximate surface area is 258 Å². The number of benzene rings is 2. The molecule has 2 aromatic carbocycles. The molecule has 3 saturated heterocycles. The van der Waals surface area contributed by atoms with Gasteiger partial charge >= 0.3 is 6.18 Å². The van der Waals surface area contributed by atoms with Crippen LogP contribution in [0.2, 0.25) is 10.0 Å². The quantitative estimate of drug-likeness (QED) is 0.402. The van der Waals surface area contributed by atoms with Crippen LogP contribution in [0.5, 0.6) is 0 Å². The van der Waals surface area contributed by atoms with Gasteiger partial charge in [0.25, 0.3) is 0 Å². The van der Waals surface area contributed by atoms with Crippen LogP contribution in [0.4, 0.5) is 17.6 Å². The van der Waals surface area contributed by atoms with E-state index in [1.807, 2.05) is 22.9 Å². The zero-order chi connectivity index (χ0) is 30.9. The molecule has 0 radical (unpaired) electrons. The number of nitrogens with zero attached hydrogens (tertiary/aromatic N) is 4. The van der Waals surface area contributed by atoms with Gasteiger partial charge in [-0.2, -0.15) is 13.2 Å². The minimum absolute atomic E-state index is 0.0142. The van der Waals surface area contributed by atoms with Crippen LogP contribution in [0.3, 0.4) is 0 Å². The third-order valence-corrected chi connectivity index (χ3v) is 9.47. The first-order valence-electron chi connectivity index (χ1n) is 14.3. The standard InChI is InChI=1S/C30H34Cl2F4N4O3/c1-37(14-19-2-4-23(26(33)12-19)30(34,35)36)27-16-39(15-22(27)20-3-5-24(31)25(32)13-20)28(41)17-38-8-6-21(7-9-38)40-10-11-43-18-29(40)42/h2-5,12-13,21-22,27H,6-11,14-18H2,1H3/t22-,27+/m1/s1. The molecule has 3 heterocycles. The fourth-order valence-electron chi connectivity index (χ4n) is 6.40. The van der Waals surface area contributed by atoms with Crippen LogP contribution < -0.4 is 0 Å². The van der Waals surface area contributed by atoms with Crippen LogP contribution in [-0.4, -0.2) is 103 Å². The largest absolute Gasteiger partial charge is 0.419 e. The number of halogens is 6. The number of ether oxygens (including phenoxy) is 1. The first-order chi connectivity index (χ1) is 20.4. The van der Waals surface area contributed by atoms with Gasteiger partial charge in [0.05, 0.1) is 28.8 Å². The van der Waals surface area contributed by atoms with Crippen LogP contribution in [0, 0.1) is 5.82 Å². The number of likely N-dealkylation sites (tertiary alicyclic amines) is 2. The molecule has 0 spiro atoms. The van der Waals surface area contributed by atoms with Crippen LogP contribution in [0.1, 0.15) is 35.4 Å². The highest BCUT2D eigenvalue weighted by Gasteiger charge is 2.40. The number of carbonyl (C=O) groups excluding carboxylic acids is 2. The summed E-state index contributed by atoms with van der Waals surface area (Å²) in [5, 5.41) is 0.792. The summed E-state index contributed by atoms with van der Waals surface area (Å²) in [5.41, 5.74) is -0.0192. The van der Waals surface area contributed by atoms with E-state index in [0.717, 1.165) is 30.5 Å². The van der Waals surface area contributed by atoms with E-state index in [1.165, 1.54) is 6.07 Å². The highest BCUT2D eigenvalue weighted by atomic mass is 35.5. The maximum absolute atomic E-state index is 14.3. The van der Waals surface area contributed by atoms with Crippen LogP contribution in [0.15, 0.2) is 36.4 Å². The van der Waals surface area contributed by atoms with Gasteiger partial charge in [-0.1, -0.05) is 35.3 Å². The van der Waals surface area contributed by atoms with E-state index in [0.29, 0.717) is 54.9 Å². The van der Waals surface area contributed by atoms with Crippen molar-refractivity contribution in [1.29, 1.82) is 0 Å². The number of morpholine rings is 1. The van der Waals surface area contributed by atoms with Crippen LogP contribution >= 0.6 is 23.2 Å². The van der Waals surface area contributed by atoms with Gasteiger partial charge in [0.15, 0.2) is 0 Å². The molecule has 234 valence electrons. The summed E-state index contributed by atoms with van der Waals surface area (Å²) in [6, 6.07) is 8.25. The lowest BCUT2D eigenvalue weighted by molar-refractivity contribution is -0.147. The second kappa shape index (κ2) is 13.3. The normalized spacial score (nSPS) is 22.6. The Morgan fingerprint density at radius 1 is 1.05 bits per heavy atom. The molecule has 0 aromatic heterocycles. The maximum atomic E-state index is 14.3. The predicted molar refractivity (Wildman–Crippen MR) is 154 cm³/mol. The van der Waals surface area contributed by atoms with Crippen molar-refractivity contribution in [3.8, 4) is 0 Å². The molecule has 0 aliphatic carbocycles. The number of rotatable bonds is 7. The molecule has 43 heavy (non-hydrogen) atoms. The van der Waals surface area contributed by atoms with Crippen molar-refractivity contribution in [2.75, 3.05) is 59.5 Å². The Balaban J connectivity index is 1.26. The van der Waals surface area contributed by atoms with Crippen molar-refractivity contribution in [2.45, 2.75) is 43.6 Å². The molecular weight excluding hydrogens is 611 g/mol. The van der Waals surface area contributed by atoms with Crippen molar-refractivity contribution in [3.05, 3.63) is 69.0 Å². The zero-order valence-corrected chi connectivity index (χ0v) is 25.3. The van der Waals surface area contributed by atoms with Crippen molar-refractivity contribution < 1.29 is 31.9 Å². The van der Waals surface area contributed by atoms with Crippen molar-refractivity contribution in [2.24, 2.45) is 0 Å². The number of likely N-dealkylation sites (N-methyl/N-ethyl adjacent to an activating group) is 1. The summed E-state index contributed by atoms with van der Waals surface area (Å²) >= 11 is 12.5. The second-order valence-corrected chi connectivity index (χ2v) is 12.3. The summed E-state index contributed by atoms with van der Waals surface area (Å²) in [5.74, 6) is -1.48. The number of amides is 2. The Kier molecular flexibility index (Phi) is 9.87. The Hall–Kier alpha value is -2.44. The Morgan fingerprint density at radius 3 is 2.44 bits per heavy atom. The molecule has 2 amide bonds. The highest BCUT2D eigenvalue weighted by molar-refractivity contribution is 6.42. The number of hydrogen-bond acceptors (Lipinski definition) is 5. The van der Waals surface area contributed by atoms with E-state index < -0.39 is 17.6 Å². The van der Waals surface area contributed by atoms with E-state index >= 15 is 0 Å². The molecule has 3 aliphatic heterocycles. The molecule has 3 aliphatic rings. The predicted octanol–water partition coefficient (Wildman–Crippen LogP) is 4.90. The smallest absolute Gasteiger partial charge is 0.370 e. The molecular formula is C30H34Cl2F4N4O3. The summed E-state index contributed by atoms with van der Waals surface area (Å²) in [6.07, 6.45) is -3.19. The zero-order valence-electron chi connectivity index (χ0n) is 23.8. The van der Waals surface area contributed by atoms with Gasteiger partial charge in [-0.15, -0.1) is 0 Å². The third kappa shape index (κ3) is 7.45. The number of piperidine rings is 1. The fourth-order valence-corrected chi connectivity index (χ4v) is 6.70. The molecule has 2 aromatic rings. The number of hydrogen-bond donors (Lipinski definition) is 0. The monoisotopic (exact) mass is 644 g/mol. The summed E-state index contributed by atoms with van der Waals surface area (Å²) in [7, 11) is 1.82. The van der Waals surface area contributed by atoms with Gasteiger partial charge in [0.2, 0.25) is 11.8 Å². The van der Waals surface area contributed by atoms with Crippen LogP contribution in [-0.2, 0) is 27.0 Å². The van der Waals surface area contributed by atoms with E-state index in [-0.39, 0.29) is 49.5 Å². The molecule has 0 unspecified atom stereocenters. The Bertz CT molecular complexity index is 1340. The maximum Gasteiger partial charge on any atom is 0.419 e. The lowest BCUT2D eigenvalue weighted by atomic mass is 9.93. The van der Waals surface area contributed by atoms with E-state index in [9.17, 15) is 27.2 Å². The third-order valence-electron chi connectivity index (χ3n) is 8.73. The van der Waals surface area contributed by atoms with Crippen molar-refractivity contribution in [1.82, 2.24) is 19.6 Å². The van der Waals surface area contributed by atoms with Gasteiger partial charge in [-0.25, -0.2) is 4.39 Å². The van der Waals surface area contributed by atoms with Gasteiger partial charge in [0.1, 0.15) is 12.4 Å². The summed E-state index contributed by atoms with van der Waals surface area (Å²) < 4.78 is 58.7. The van der Waals surface area contributed by atoms with Crippen molar-refractivity contribution >= 4 is 35.0 Å².